The lowest BCUT2D eigenvalue weighted by Crippen LogP contribution is -2.61. The molecule has 0 unspecified atom stereocenters. The van der Waals surface area contributed by atoms with Gasteiger partial charge in [-0.25, -0.2) is 8.42 Å². The van der Waals surface area contributed by atoms with Gasteiger partial charge in [0.1, 0.15) is 0 Å². The monoisotopic (exact) mass is 320 g/mol. The van der Waals surface area contributed by atoms with Crippen LogP contribution in [0.4, 0.5) is 0 Å². The number of rotatable bonds is 4. The zero-order valence-electron chi connectivity index (χ0n) is 11.9. The van der Waals surface area contributed by atoms with Crippen LogP contribution in [-0.4, -0.2) is 48.6 Å². The van der Waals surface area contributed by atoms with Crippen molar-refractivity contribution in [1.82, 2.24) is 9.21 Å². The van der Waals surface area contributed by atoms with Crippen LogP contribution in [0.2, 0.25) is 0 Å². The molecule has 0 aromatic heterocycles. The Hall–Kier alpha value is -1.99. The molecule has 0 N–H and O–H groups in total. The average Bonchev–Trinajstić information content (AvgIpc) is 2.77. The molecule has 2 heterocycles. The van der Waals surface area contributed by atoms with E-state index in [1.54, 1.807) is 0 Å². The van der Waals surface area contributed by atoms with Gasteiger partial charge in [0.05, 0.1) is 6.04 Å². The Balaban J connectivity index is 1.63. The van der Waals surface area contributed by atoms with Gasteiger partial charge in [-0.05, 0) is 11.6 Å². The summed E-state index contributed by atoms with van der Waals surface area (Å²) in [4.78, 5) is 24.4. The maximum Gasteiger partial charge on any atom is 0.236 e. The van der Waals surface area contributed by atoms with Gasteiger partial charge in [0, 0.05) is 31.3 Å². The molecule has 1 aromatic carbocycles. The molecule has 0 spiro atoms. The first-order valence-electron chi connectivity index (χ1n) is 7.05. The normalized spacial score (nSPS) is 20.8. The van der Waals surface area contributed by atoms with Crippen molar-refractivity contribution in [3.05, 3.63) is 41.3 Å². The molecule has 3 rings (SSSR count). The number of carbonyl (C=O) groups is 2. The van der Waals surface area contributed by atoms with Gasteiger partial charge in [-0.2, -0.15) is 4.31 Å². The number of likely N-dealkylation sites (tertiary alicyclic amines) is 1. The molecule has 116 valence electrons. The summed E-state index contributed by atoms with van der Waals surface area (Å²) in [6, 6.07) is 8.82. The standard InChI is InChI=1S/C15H16N2O4S/c18-14-6-7-15(19)17(14)13-10-16(11-13)22(20,21)9-8-12-4-2-1-3-5-12/h1-5,8-9,13H,6-7,10-11H2/b9-8+. The summed E-state index contributed by atoms with van der Waals surface area (Å²) in [5.41, 5.74) is 0.799. The van der Waals surface area contributed by atoms with Crippen LogP contribution in [-0.2, 0) is 19.6 Å². The summed E-state index contributed by atoms with van der Waals surface area (Å²) >= 11 is 0. The van der Waals surface area contributed by atoms with Crippen molar-refractivity contribution in [2.45, 2.75) is 18.9 Å². The molecule has 2 fully saturated rings. The molecular weight excluding hydrogens is 304 g/mol. The highest BCUT2D eigenvalue weighted by molar-refractivity contribution is 7.92. The number of imide groups is 1. The van der Waals surface area contributed by atoms with Crippen molar-refractivity contribution < 1.29 is 18.0 Å². The topological polar surface area (TPSA) is 74.8 Å². The van der Waals surface area contributed by atoms with E-state index >= 15 is 0 Å². The first kappa shape index (κ1) is 14.9. The molecular formula is C15H16N2O4S. The number of nitrogens with zero attached hydrogens (tertiary/aromatic N) is 2. The van der Waals surface area contributed by atoms with Gasteiger partial charge < -0.3 is 0 Å². The lowest BCUT2D eigenvalue weighted by atomic mass is 10.1. The van der Waals surface area contributed by atoms with Gasteiger partial charge in [0.2, 0.25) is 21.8 Å². The lowest BCUT2D eigenvalue weighted by Gasteiger charge is -2.41. The minimum Gasteiger partial charge on any atom is -0.277 e. The predicted molar refractivity (Wildman–Crippen MR) is 80.8 cm³/mol. The van der Waals surface area contributed by atoms with Crippen molar-refractivity contribution in [1.29, 1.82) is 0 Å². The van der Waals surface area contributed by atoms with E-state index in [0.717, 1.165) is 11.0 Å². The second-order valence-corrected chi connectivity index (χ2v) is 7.21. The summed E-state index contributed by atoms with van der Waals surface area (Å²) in [5, 5.41) is 1.16. The van der Waals surface area contributed by atoms with E-state index in [2.05, 4.69) is 0 Å². The van der Waals surface area contributed by atoms with Crippen molar-refractivity contribution in [2.75, 3.05) is 13.1 Å². The molecule has 0 aliphatic carbocycles. The Labute approximate surface area is 129 Å². The Morgan fingerprint density at radius 2 is 1.59 bits per heavy atom. The zero-order valence-corrected chi connectivity index (χ0v) is 12.7. The number of benzene rings is 1. The highest BCUT2D eigenvalue weighted by atomic mass is 32.2. The zero-order chi connectivity index (χ0) is 15.7. The van der Waals surface area contributed by atoms with Crippen molar-refractivity contribution in [3.8, 4) is 0 Å². The van der Waals surface area contributed by atoms with Gasteiger partial charge in [0.25, 0.3) is 0 Å². The molecule has 0 radical (unpaired) electrons. The predicted octanol–water partition coefficient (Wildman–Crippen LogP) is 0.820. The molecule has 2 saturated heterocycles. The van der Waals surface area contributed by atoms with Gasteiger partial charge >= 0.3 is 0 Å². The van der Waals surface area contributed by atoms with Crippen LogP contribution in [0.3, 0.4) is 0 Å². The Morgan fingerprint density at radius 1 is 1.00 bits per heavy atom. The van der Waals surface area contributed by atoms with Gasteiger partial charge in [0.15, 0.2) is 0 Å². The van der Waals surface area contributed by atoms with Crippen LogP contribution in [0.25, 0.3) is 6.08 Å². The number of hydrogen-bond acceptors (Lipinski definition) is 4. The van der Waals surface area contributed by atoms with Gasteiger partial charge in [-0.3, -0.25) is 14.5 Å². The largest absolute Gasteiger partial charge is 0.277 e. The number of hydrogen-bond donors (Lipinski definition) is 0. The SMILES string of the molecule is O=C1CCC(=O)N1C1CN(S(=O)(=O)/C=C/c2ccccc2)C1. The first-order valence-corrected chi connectivity index (χ1v) is 8.56. The summed E-state index contributed by atoms with van der Waals surface area (Å²) in [5.74, 6) is -0.404. The number of carbonyl (C=O) groups excluding carboxylic acids is 2. The molecule has 22 heavy (non-hydrogen) atoms. The van der Waals surface area contributed by atoms with Crippen LogP contribution >= 0.6 is 0 Å². The minimum atomic E-state index is -3.52. The Bertz CT molecular complexity index is 705. The summed E-state index contributed by atoms with van der Waals surface area (Å²) in [6.07, 6.45) is 2.00. The highest BCUT2D eigenvalue weighted by Crippen LogP contribution is 2.25. The smallest absolute Gasteiger partial charge is 0.236 e. The molecule has 7 heteroatoms. The molecule has 0 saturated carbocycles. The lowest BCUT2D eigenvalue weighted by molar-refractivity contribution is -0.143. The third kappa shape index (κ3) is 2.82. The van der Waals surface area contributed by atoms with Crippen LogP contribution in [0.15, 0.2) is 35.7 Å². The van der Waals surface area contributed by atoms with Crippen LogP contribution < -0.4 is 0 Å². The average molecular weight is 320 g/mol. The second kappa shape index (κ2) is 5.66. The fourth-order valence-electron chi connectivity index (χ4n) is 2.60. The third-order valence-corrected chi connectivity index (χ3v) is 5.37. The third-order valence-electron chi connectivity index (χ3n) is 3.88. The molecule has 2 aliphatic rings. The summed E-state index contributed by atoms with van der Waals surface area (Å²) in [7, 11) is -3.52. The molecule has 6 nitrogen and oxygen atoms in total. The van der Waals surface area contributed by atoms with Gasteiger partial charge in [-0.15, -0.1) is 0 Å². The molecule has 0 atom stereocenters. The van der Waals surface area contributed by atoms with Crippen molar-refractivity contribution in [2.24, 2.45) is 0 Å². The molecule has 1 aromatic rings. The van der Waals surface area contributed by atoms with Gasteiger partial charge in [-0.1, -0.05) is 30.3 Å². The maximum absolute atomic E-state index is 12.2. The van der Waals surface area contributed by atoms with E-state index in [9.17, 15) is 18.0 Å². The highest BCUT2D eigenvalue weighted by Gasteiger charge is 2.44. The van der Waals surface area contributed by atoms with E-state index in [0.29, 0.717) is 0 Å². The fraction of sp³-hybridized carbons (Fsp3) is 0.333. The minimum absolute atomic E-state index is 0.180. The van der Waals surface area contributed by atoms with E-state index in [-0.39, 0.29) is 43.8 Å². The van der Waals surface area contributed by atoms with E-state index < -0.39 is 10.0 Å². The Kier molecular flexibility index (Phi) is 3.84. The number of amides is 2. The number of sulfonamides is 1. The van der Waals surface area contributed by atoms with Crippen molar-refractivity contribution in [3.63, 3.8) is 0 Å². The summed E-state index contributed by atoms with van der Waals surface area (Å²) < 4.78 is 25.6. The van der Waals surface area contributed by atoms with Crippen LogP contribution in [0.1, 0.15) is 18.4 Å². The van der Waals surface area contributed by atoms with E-state index in [1.807, 2.05) is 30.3 Å². The second-order valence-electron chi connectivity index (χ2n) is 5.39. The van der Waals surface area contributed by atoms with Crippen molar-refractivity contribution >= 4 is 27.9 Å². The summed E-state index contributed by atoms with van der Waals surface area (Å²) in [6.45, 7) is 0.359. The molecule has 0 bridgehead atoms. The Morgan fingerprint density at radius 3 is 2.18 bits per heavy atom. The first-order chi connectivity index (χ1) is 10.5. The van der Waals surface area contributed by atoms with E-state index in [1.165, 1.54) is 15.3 Å². The quantitative estimate of drug-likeness (QED) is 0.770. The maximum atomic E-state index is 12.2. The molecule has 2 aliphatic heterocycles. The van der Waals surface area contributed by atoms with Crippen LogP contribution in [0.5, 0.6) is 0 Å². The fourth-order valence-corrected chi connectivity index (χ4v) is 3.86. The molecule has 2 amide bonds. The van der Waals surface area contributed by atoms with Crippen LogP contribution in [0, 0.1) is 0 Å². The van der Waals surface area contributed by atoms with E-state index in [4.69, 9.17) is 0 Å².